The molecular weight excluding hydrogens is 226 g/mol. The Bertz CT molecular complexity index is 482. The van der Waals surface area contributed by atoms with Gasteiger partial charge in [-0.3, -0.25) is 4.79 Å². The Morgan fingerprint density at radius 3 is 2.78 bits per heavy atom. The minimum Gasteiger partial charge on any atom is -0.293 e. The Labute approximate surface area is 106 Å². The fourth-order valence-electron chi connectivity index (χ4n) is 2.28. The van der Waals surface area contributed by atoms with E-state index in [2.05, 4.69) is 9.97 Å². The number of nitriles is 1. The maximum atomic E-state index is 12.2. The van der Waals surface area contributed by atoms with Crippen LogP contribution in [0.1, 0.15) is 37.8 Å². The predicted octanol–water partition coefficient (Wildman–Crippen LogP) is 2.53. The lowest BCUT2D eigenvalue weighted by Crippen LogP contribution is -2.18. The third kappa shape index (κ3) is 3.01. The summed E-state index contributed by atoms with van der Waals surface area (Å²) in [6.07, 6.45) is 9.74. The van der Waals surface area contributed by atoms with Crippen LogP contribution in [0.2, 0.25) is 0 Å². The van der Waals surface area contributed by atoms with Gasteiger partial charge in [0.15, 0.2) is 5.78 Å². The SMILES string of the molecule is N#CC(=Cc1ccncn1)C(=O)C1CCCCC1. The van der Waals surface area contributed by atoms with Gasteiger partial charge >= 0.3 is 0 Å². The van der Waals surface area contributed by atoms with Crippen molar-refractivity contribution in [2.75, 3.05) is 0 Å². The molecule has 0 spiro atoms. The summed E-state index contributed by atoms with van der Waals surface area (Å²) in [6.45, 7) is 0. The van der Waals surface area contributed by atoms with Crippen LogP contribution in [-0.2, 0) is 4.79 Å². The lowest BCUT2D eigenvalue weighted by atomic mass is 9.84. The van der Waals surface area contributed by atoms with Crippen LogP contribution in [0.5, 0.6) is 0 Å². The average Bonchev–Trinajstić information content (AvgIpc) is 2.46. The van der Waals surface area contributed by atoms with Gasteiger partial charge in [-0.25, -0.2) is 9.97 Å². The Morgan fingerprint density at radius 1 is 1.39 bits per heavy atom. The van der Waals surface area contributed by atoms with E-state index in [9.17, 15) is 4.79 Å². The molecule has 2 rings (SSSR count). The van der Waals surface area contributed by atoms with Crippen LogP contribution in [0.15, 0.2) is 24.2 Å². The van der Waals surface area contributed by atoms with Gasteiger partial charge in [0.1, 0.15) is 12.4 Å². The van der Waals surface area contributed by atoms with Crippen molar-refractivity contribution in [3.8, 4) is 6.07 Å². The van der Waals surface area contributed by atoms with Gasteiger partial charge in [0.25, 0.3) is 0 Å². The Kier molecular flexibility index (Phi) is 4.19. The molecule has 0 radical (unpaired) electrons. The molecule has 1 aliphatic rings. The van der Waals surface area contributed by atoms with Crippen molar-refractivity contribution in [2.45, 2.75) is 32.1 Å². The van der Waals surface area contributed by atoms with Gasteiger partial charge in [-0.15, -0.1) is 0 Å². The molecule has 1 heterocycles. The van der Waals surface area contributed by atoms with E-state index in [-0.39, 0.29) is 17.3 Å². The molecule has 0 bridgehead atoms. The smallest absolute Gasteiger partial charge is 0.176 e. The van der Waals surface area contributed by atoms with E-state index in [1.54, 1.807) is 18.3 Å². The molecular formula is C14H15N3O. The summed E-state index contributed by atoms with van der Waals surface area (Å²) in [5.74, 6) is -0.0118. The molecule has 0 unspecified atom stereocenters. The fourth-order valence-corrected chi connectivity index (χ4v) is 2.28. The van der Waals surface area contributed by atoms with E-state index in [1.165, 1.54) is 12.7 Å². The van der Waals surface area contributed by atoms with E-state index in [4.69, 9.17) is 5.26 Å². The first-order chi connectivity index (χ1) is 8.81. The third-order valence-electron chi connectivity index (χ3n) is 3.26. The van der Waals surface area contributed by atoms with Crippen LogP contribution >= 0.6 is 0 Å². The zero-order valence-corrected chi connectivity index (χ0v) is 10.2. The summed E-state index contributed by atoms with van der Waals surface area (Å²) < 4.78 is 0. The number of allylic oxidation sites excluding steroid dienone is 1. The van der Waals surface area contributed by atoms with E-state index in [0.717, 1.165) is 25.7 Å². The molecule has 0 N–H and O–H groups in total. The number of ketones is 1. The molecule has 1 aromatic heterocycles. The quantitative estimate of drug-likeness (QED) is 0.602. The van der Waals surface area contributed by atoms with Crippen molar-refractivity contribution in [3.63, 3.8) is 0 Å². The van der Waals surface area contributed by atoms with Crippen molar-refractivity contribution < 1.29 is 4.79 Å². The Balaban J connectivity index is 2.16. The molecule has 92 valence electrons. The maximum absolute atomic E-state index is 12.2. The predicted molar refractivity (Wildman–Crippen MR) is 67.2 cm³/mol. The molecule has 1 aliphatic carbocycles. The summed E-state index contributed by atoms with van der Waals surface area (Å²) in [5.41, 5.74) is 0.811. The van der Waals surface area contributed by atoms with Gasteiger partial charge in [0, 0.05) is 12.1 Å². The number of nitrogens with zero attached hydrogens (tertiary/aromatic N) is 3. The summed E-state index contributed by atoms with van der Waals surface area (Å²) in [6, 6.07) is 3.68. The highest BCUT2D eigenvalue weighted by Crippen LogP contribution is 2.26. The summed E-state index contributed by atoms with van der Waals surface area (Å²) in [7, 11) is 0. The summed E-state index contributed by atoms with van der Waals surface area (Å²) in [4.78, 5) is 20.0. The van der Waals surface area contributed by atoms with E-state index >= 15 is 0 Å². The normalized spacial score (nSPS) is 17.2. The van der Waals surface area contributed by atoms with Crippen molar-refractivity contribution in [3.05, 3.63) is 29.9 Å². The van der Waals surface area contributed by atoms with Crippen LogP contribution in [0.3, 0.4) is 0 Å². The number of carbonyl (C=O) groups is 1. The van der Waals surface area contributed by atoms with Gasteiger partial charge in [-0.05, 0) is 25.0 Å². The van der Waals surface area contributed by atoms with E-state index in [0.29, 0.717) is 5.69 Å². The number of rotatable bonds is 3. The largest absolute Gasteiger partial charge is 0.293 e. The van der Waals surface area contributed by atoms with Crippen LogP contribution < -0.4 is 0 Å². The third-order valence-corrected chi connectivity index (χ3v) is 3.26. The lowest BCUT2D eigenvalue weighted by molar-refractivity contribution is -0.119. The van der Waals surface area contributed by atoms with Crippen LogP contribution in [0.4, 0.5) is 0 Å². The molecule has 18 heavy (non-hydrogen) atoms. The fraction of sp³-hybridized carbons (Fsp3) is 0.429. The summed E-state index contributed by atoms with van der Waals surface area (Å²) >= 11 is 0. The molecule has 1 saturated carbocycles. The molecule has 0 saturated heterocycles. The Hall–Kier alpha value is -2.02. The zero-order valence-electron chi connectivity index (χ0n) is 10.2. The number of aromatic nitrogens is 2. The van der Waals surface area contributed by atoms with Crippen LogP contribution in [0, 0.1) is 17.2 Å². The molecule has 1 fully saturated rings. The highest BCUT2D eigenvalue weighted by Gasteiger charge is 2.24. The van der Waals surface area contributed by atoms with Crippen LogP contribution in [-0.4, -0.2) is 15.8 Å². The van der Waals surface area contributed by atoms with Crippen molar-refractivity contribution in [1.82, 2.24) is 9.97 Å². The average molecular weight is 241 g/mol. The van der Waals surface area contributed by atoms with Crippen molar-refractivity contribution in [1.29, 1.82) is 5.26 Å². The molecule has 0 aromatic carbocycles. The van der Waals surface area contributed by atoms with Gasteiger partial charge in [0.05, 0.1) is 11.3 Å². The number of hydrogen-bond donors (Lipinski definition) is 0. The number of Topliss-reactive ketones (excluding diaryl/α,β-unsaturated/α-hetero) is 1. The van der Waals surface area contributed by atoms with Crippen molar-refractivity contribution >= 4 is 11.9 Å². The summed E-state index contributed by atoms with van der Waals surface area (Å²) in [5, 5.41) is 9.11. The van der Waals surface area contributed by atoms with Gasteiger partial charge in [0.2, 0.25) is 0 Å². The number of carbonyl (C=O) groups excluding carboxylic acids is 1. The molecule has 0 aliphatic heterocycles. The van der Waals surface area contributed by atoms with Crippen molar-refractivity contribution in [2.24, 2.45) is 5.92 Å². The number of hydrogen-bond acceptors (Lipinski definition) is 4. The van der Waals surface area contributed by atoms with Crippen LogP contribution in [0.25, 0.3) is 6.08 Å². The molecule has 0 atom stereocenters. The second-order valence-electron chi connectivity index (χ2n) is 4.50. The topological polar surface area (TPSA) is 66.6 Å². The van der Waals surface area contributed by atoms with Gasteiger partial charge < -0.3 is 0 Å². The Morgan fingerprint density at radius 2 is 2.17 bits per heavy atom. The van der Waals surface area contributed by atoms with E-state index in [1.807, 2.05) is 6.07 Å². The zero-order chi connectivity index (χ0) is 12.8. The minimum absolute atomic E-state index is 0.0199. The first-order valence-corrected chi connectivity index (χ1v) is 6.23. The molecule has 0 amide bonds. The minimum atomic E-state index is -0.0317. The molecule has 1 aromatic rings. The highest BCUT2D eigenvalue weighted by atomic mass is 16.1. The van der Waals surface area contributed by atoms with Gasteiger partial charge in [-0.2, -0.15) is 5.26 Å². The second kappa shape index (κ2) is 6.06. The lowest BCUT2D eigenvalue weighted by Gasteiger charge is -2.19. The second-order valence-corrected chi connectivity index (χ2v) is 4.50. The van der Waals surface area contributed by atoms with Gasteiger partial charge in [-0.1, -0.05) is 19.3 Å². The molecule has 4 nitrogen and oxygen atoms in total. The standard InChI is InChI=1S/C14H15N3O/c15-9-12(8-13-6-7-16-10-17-13)14(18)11-4-2-1-3-5-11/h6-8,10-11H,1-5H2. The highest BCUT2D eigenvalue weighted by molar-refractivity contribution is 6.04. The van der Waals surface area contributed by atoms with E-state index < -0.39 is 0 Å². The molecule has 4 heteroatoms. The first-order valence-electron chi connectivity index (χ1n) is 6.23. The maximum Gasteiger partial charge on any atom is 0.176 e. The first kappa shape index (κ1) is 12.4. The monoisotopic (exact) mass is 241 g/mol.